The Labute approximate surface area is 191 Å². The van der Waals surface area contributed by atoms with Gasteiger partial charge in [-0.05, 0) is 37.0 Å². The summed E-state index contributed by atoms with van der Waals surface area (Å²) >= 11 is 0. The first-order chi connectivity index (χ1) is 15.4. The fourth-order valence-electron chi connectivity index (χ4n) is 3.72. The second-order valence-corrected chi connectivity index (χ2v) is 10.4. The van der Waals surface area contributed by atoms with Crippen molar-refractivity contribution < 1.29 is 26.4 Å². The van der Waals surface area contributed by atoms with Crippen molar-refractivity contribution >= 4 is 21.6 Å². The lowest BCUT2D eigenvalue weighted by molar-refractivity contribution is -0.141. The number of aromatic nitrogens is 1. The van der Waals surface area contributed by atoms with Gasteiger partial charge in [0.25, 0.3) is 0 Å². The average Bonchev–Trinajstić information content (AvgIpc) is 3.30. The van der Waals surface area contributed by atoms with E-state index < -0.39 is 33.0 Å². The number of nitrogens with one attached hydrogen (secondary N) is 1. The Morgan fingerprint density at radius 1 is 1.18 bits per heavy atom. The number of sulfone groups is 1. The molecule has 0 spiro atoms. The van der Waals surface area contributed by atoms with Gasteiger partial charge in [-0.1, -0.05) is 30.3 Å². The number of carbonyl (C=O) groups is 1. The maximum atomic E-state index is 13.2. The normalized spacial score (nSPS) is 16.5. The van der Waals surface area contributed by atoms with Gasteiger partial charge >= 0.3 is 6.18 Å². The summed E-state index contributed by atoms with van der Waals surface area (Å²) in [6, 6.07) is 8.74. The highest BCUT2D eigenvalue weighted by Crippen LogP contribution is 2.32. The first-order valence-corrected chi connectivity index (χ1v) is 12.5. The van der Waals surface area contributed by atoms with E-state index in [-0.39, 0.29) is 18.3 Å². The topological polar surface area (TPSA) is 105 Å². The summed E-state index contributed by atoms with van der Waals surface area (Å²) < 4.78 is 63.0. The number of nitrogens with two attached hydrogens (primary N) is 1. The van der Waals surface area contributed by atoms with Crippen LogP contribution in [0.3, 0.4) is 0 Å². The van der Waals surface area contributed by atoms with E-state index in [2.05, 4.69) is 10.3 Å². The average molecular weight is 485 g/mol. The van der Waals surface area contributed by atoms with E-state index in [0.717, 1.165) is 25.2 Å². The molecule has 1 aliphatic rings. The minimum Gasteiger partial charge on any atom is -0.356 e. The zero-order valence-electron chi connectivity index (χ0n) is 18.4. The van der Waals surface area contributed by atoms with Crippen LogP contribution in [0.25, 0.3) is 0 Å². The second-order valence-electron chi connectivity index (χ2n) is 8.23. The zero-order valence-corrected chi connectivity index (χ0v) is 19.2. The summed E-state index contributed by atoms with van der Waals surface area (Å²) in [5.41, 5.74) is 6.27. The molecule has 1 amide bonds. The first kappa shape index (κ1) is 25.0. The Morgan fingerprint density at radius 3 is 2.42 bits per heavy atom. The van der Waals surface area contributed by atoms with Crippen molar-refractivity contribution in [3.05, 3.63) is 58.8 Å². The minimum atomic E-state index is -4.55. The molecule has 0 saturated carbocycles. The van der Waals surface area contributed by atoms with E-state index in [0.29, 0.717) is 29.8 Å². The largest absolute Gasteiger partial charge is 0.433 e. The summed E-state index contributed by atoms with van der Waals surface area (Å²) in [6.45, 7) is 2.90. The number of hydrogen-bond acceptors (Lipinski definition) is 6. The van der Waals surface area contributed by atoms with Crippen LogP contribution in [0.5, 0.6) is 0 Å². The Balaban J connectivity index is 1.76. The number of rotatable bonds is 7. The molecule has 0 bridgehead atoms. The third-order valence-corrected chi connectivity index (χ3v) is 6.89. The maximum Gasteiger partial charge on any atom is 0.433 e. The van der Waals surface area contributed by atoms with Crippen LogP contribution in [0.15, 0.2) is 36.4 Å². The lowest BCUT2D eigenvalue weighted by Gasteiger charge is -2.22. The van der Waals surface area contributed by atoms with Gasteiger partial charge in [-0.25, -0.2) is 13.4 Å². The molecule has 0 radical (unpaired) electrons. The molecule has 3 rings (SSSR count). The number of carbonyl (C=O) groups excluding carboxylic acids is 1. The fraction of sp³-hybridized carbons (Fsp3) is 0.455. The summed E-state index contributed by atoms with van der Waals surface area (Å²) in [6.07, 6.45) is -1.78. The van der Waals surface area contributed by atoms with Gasteiger partial charge in [-0.3, -0.25) is 4.79 Å². The van der Waals surface area contributed by atoms with E-state index in [9.17, 15) is 26.4 Å². The SMILES string of the molecule is CC(C(=O)NCc1ccc(C(F)(F)F)nc1N1CCCC1)c1cccc(C(N)S(C)(=O)=O)c1. The van der Waals surface area contributed by atoms with Crippen LogP contribution in [-0.4, -0.2) is 38.7 Å². The Hall–Kier alpha value is -2.66. The monoisotopic (exact) mass is 484 g/mol. The lowest BCUT2D eigenvalue weighted by Crippen LogP contribution is -2.30. The second kappa shape index (κ2) is 9.68. The van der Waals surface area contributed by atoms with Crippen molar-refractivity contribution in [1.29, 1.82) is 0 Å². The van der Waals surface area contributed by atoms with Crippen LogP contribution in [0.4, 0.5) is 19.0 Å². The van der Waals surface area contributed by atoms with Crippen LogP contribution in [0.1, 0.15) is 53.4 Å². The van der Waals surface area contributed by atoms with Gasteiger partial charge in [0, 0.05) is 31.5 Å². The highest BCUT2D eigenvalue weighted by molar-refractivity contribution is 7.90. The highest BCUT2D eigenvalue weighted by atomic mass is 32.2. The van der Waals surface area contributed by atoms with E-state index >= 15 is 0 Å². The van der Waals surface area contributed by atoms with Gasteiger partial charge in [-0.15, -0.1) is 0 Å². The minimum absolute atomic E-state index is 0.0166. The molecule has 180 valence electrons. The number of nitrogens with zero attached hydrogens (tertiary/aromatic N) is 2. The number of alkyl halides is 3. The van der Waals surface area contributed by atoms with Crippen molar-refractivity contribution in [1.82, 2.24) is 10.3 Å². The van der Waals surface area contributed by atoms with Crippen molar-refractivity contribution in [2.75, 3.05) is 24.2 Å². The van der Waals surface area contributed by atoms with Crippen LogP contribution in [0.2, 0.25) is 0 Å². The molecule has 2 unspecified atom stereocenters. The van der Waals surface area contributed by atoms with E-state index in [4.69, 9.17) is 5.73 Å². The van der Waals surface area contributed by atoms with Gasteiger partial charge in [0.2, 0.25) is 5.91 Å². The molecule has 3 N–H and O–H groups in total. The van der Waals surface area contributed by atoms with Gasteiger partial charge in [0.1, 0.15) is 16.9 Å². The lowest BCUT2D eigenvalue weighted by atomic mass is 9.98. The molecule has 1 fully saturated rings. The molecule has 1 saturated heterocycles. The molecule has 11 heteroatoms. The Bertz CT molecular complexity index is 1120. The van der Waals surface area contributed by atoms with Crippen LogP contribution in [-0.2, 0) is 27.4 Å². The molecule has 2 heterocycles. The molecular formula is C22H27F3N4O3S. The number of benzene rings is 1. The van der Waals surface area contributed by atoms with Crippen molar-refractivity contribution in [2.45, 2.75) is 43.8 Å². The quantitative estimate of drug-likeness (QED) is 0.626. The Morgan fingerprint density at radius 2 is 1.82 bits per heavy atom. The van der Waals surface area contributed by atoms with Crippen molar-refractivity contribution in [3.8, 4) is 0 Å². The summed E-state index contributed by atoms with van der Waals surface area (Å²) in [4.78, 5) is 18.4. The molecule has 2 aromatic rings. The van der Waals surface area contributed by atoms with E-state index in [1.165, 1.54) is 6.07 Å². The van der Waals surface area contributed by atoms with E-state index in [1.807, 2.05) is 0 Å². The van der Waals surface area contributed by atoms with Gasteiger partial charge < -0.3 is 16.0 Å². The van der Waals surface area contributed by atoms with Crippen molar-refractivity contribution in [3.63, 3.8) is 0 Å². The zero-order chi connectivity index (χ0) is 24.4. The maximum absolute atomic E-state index is 13.2. The number of anilines is 1. The van der Waals surface area contributed by atoms with Crippen molar-refractivity contribution in [2.24, 2.45) is 5.73 Å². The predicted molar refractivity (Wildman–Crippen MR) is 119 cm³/mol. The first-order valence-electron chi connectivity index (χ1n) is 10.5. The van der Waals surface area contributed by atoms with Crippen LogP contribution < -0.4 is 16.0 Å². The number of halogens is 3. The summed E-state index contributed by atoms with van der Waals surface area (Å²) in [5.74, 6) is -0.752. The van der Waals surface area contributed by atoms with E-state index in [1.54, 1.807) is 36.1 Å². The smallest absolute Gasteiger partial charge is 0.356 e. The summed E-state index contributed by atoms with van der Waals surface area (Å²) in [7, 11) is -3.51. The third kappa shape index (κ3) is 6.02. The van der Waals surface area contributed by atoms with Gasteiger partial charge in [0.05, 0.1) is 5.92 Å². The highest BCUT2D eigenvalue weighted by Gasteiger charge is 2.34. The fourth-order valence-corrected chi connectivity index (χ4v) is 4.36. The number of pyridine rings is 1. The van der Waals surface area contributed by atoms with Crippen LogP contribution in [0, 0.1) is 0 Å². The molecule has 1 aromatic heterocycles. The molecule has 0 aliphatic carbocycles. The third-order valence-electron chi connectivity index (χ3n) is 5.70. The molecule has 1 aliphatic heterocycles. The molecule has 33 heavy (non-hydrogen) atoms. The standard InChI is InChI=1S/C22H27F3N4O3S/c1-14(15-6-5-7-16(12-15)19(26)33(2,31)32)21(30)27-13-17-8-9-18(22(23,24)25)28-20(17)29-10-3-4-11-29/h5-9,12,14,19H,3-4,10-11,13,26H2,1-2H3,(H,27,30). The van der Waals surface area contributed by atoms with Crippen LogP contribution >= 0.6 is 0 Å². The Kier molecular flexibility index (Phi) is 7.32. The summed E-state index contributed by atoms with van der Waals surface area (Å²) in [5, 5.41) is 1.56. The molecular weight excluding hydrogens is 457 g/mol. The van der Waals surface area contributed by atoms with Gasteiger partial charge in [-0.2, -0.15) is 13.2 Å². The molecule has 2 atom stereocenters. The van der Waals surface area contributed by atoms with Gasteiger partial charge in [0.15, 0.2) is 9.84 Å². The number of amides is 1. The number of hydrogen-bond donors (Lipinski definition) is 2. The molecule has 1 aromatic carbocycles. The predicted octanol–water partition coefficient (Wildman–Crippen LogP) is 3.12. The molecule has 7 nitrogen and oxygen atoms in total.